The first-order valence-electron chi connectivity index (χ1n) is 14.0. The zero-order valence-corrected chi connectivity index (χ0v) is 21.9. The number of carbonyl (C=O) groups is 1. The molecule has 1 aromatic heterocycles. The largest absolute Gasteiger partial charge is 0.390 e. The smallest absolute Gasteiger partial charge is 0.368 e. The predicted octanol–water partition coefficient (Wildman–Crippen LogP) is 4.33. The minimum absolute atomic E-state index is 0.00550. The zero-order chi connectivity index (χ0) is 25.2. The molecule has 4 saturated carbocycles. The molecule has 7 nitrogen and oxygen atoms in total. The molecule has 0 spiro atoms. The van der Waals surface area contributed by atoms with Crippen LogP contribution in [0.2, 0.25) is 0 Å². The molecule has 0 unspecified atom stereocenters. The van der Waals surface area contributed by atoms with Crippen LogP contribution < -0.4 is 5.69 Å². The number of hydrogen-bond acceptors (Lipinski definition) is 5. The summed E-state index contributed by atoms with van der Waals surface area (Å²) in [6.45, 7) is 6.38. The first-order chi connectivity index (χ1) is 17.2. The molecule has 0 bridgehead atoms. The third-order valence-electron chi connectivity index (χ3n) is 10.8. The van der Waals surface area contributed by atoms with E-state index in [-0.39, 0.29) is 29.4 Å². The number of nitrogens with zero attached hydrogens (tertiary/aromatic N) is 4. The Morgan fingerprint density at radius 3 is 2.50 bits per heavy atom. The summed E-state index contributed by atoms with van der Waals surface area (Å²) in [4.78, 5) is 26.6. The van der Waals surface area contributed by atoms with Gasteiger partial charge < -0.3 is 5.11 Å². The van der Waals surface area contributed by atoms with E-state index in [1.807, 2.05) is 38.1 Å². The van der Waals surface area contributed by atoms with Crippen LogP contribution in [0.25, 0.3) is 5.69 Å². The van der Waals surface area contributed by atoms with Gasteiger partial charge in [-0.05, 0) is 129 Å². The van der Waals surface area contributed by atoms with Gasteiger partial charge in [-0.2, -0.15) is 9.36 Å². The Balaban J connectivity index is 1.17. The highest BCUT2D eigenvalue weighted by atomic mass is 16.3. The van der Waals surface area contributed by atoms with Crippen LogP contribution in [0.3, 0.4) is 0 Å². The second kappa shape index (κ2) is 8.64. The monoisotopic (exact) mass is 492 g/mol. The Morgan fingerprint density at radius 1 is 0.972 bits per heavy atom. The number of ketones is 1. The van der Waals surface area contributed by atoms with E-state index in [1.165, 1.54) is 28.6 Å². The number of rotatable bonds is 4. The molecule has 4 fully saturated rings. The van der Waals surface area contributed by atoms with Crippen molar-refractivity contribution in [3.8, 4) is 5.69 Å². The van der Waals surface area contributed by atoms with E-state index in [0.717, 1.165) is 55.9 Å². The topological polar surface area (TPSA) is 90.0 Å². The number of aromatic nitrogens is 4. The lowest BCUT2D eigenvalue weighted by molar-refractivity contribution is -0.133. The lowest BCUT2D eigenvalue weighted by Crippen LogP contribution is -2.51. The van der Waals surface area contributed by atoms with E-state index in [9.17, 15) is 14.7 Å². The summed E-state index contributed by atoms with van der Waals surface area (Å²) in [6, 6.07) is 7.57. The van der Waals surface area contributed by atoms with Crippen molar-refractivity contribution in [1.82, 2.24) is 19.8 Å². The summed E-state index contributed by atoms with van der Waals surface area (Å²) in [5.74, 6) is 3.59. The molecule has 2 aromatic rings. The molecule has 1 heterocycles. The van der Waals surface area contributed by atoms with Crippen LogP contribution in [0.1, 0.15) is 77.2 Å². The van der Waals surface area contributed by atoms with E-state index < -0.39 is 5.60 Å². The molecule has 36 heavy (non-hydrogen) atoms. The van der Waals surface area contributed by atoms with Gasteiger partial charge in [0.25, 0.3) is 0 Å². The number of aliphatic hydroxyl groups is 1. The van der Waals surface area contributed by atoms with E-state index in [2.05, 4.69) is 17.4 Å². The lowest BCUT2D eigenvalue weighted by Gasteiger charge is -2.56. The number of tetrazole rings is 1. The molecular weight excluding hydrogens is 452 g/mol. The Bertz CT molecular complexity index is 1200. The highest BCUT2D eigenvalue weighted by Crippen LogP contribution is 2.64. The Morgan fingerprint density at radius 2 is 1.72 bits per heavy atom. The minimum Gasteiger partial charge on any atom is -0.390 e. The Hall–Kier alpha value is -2.28. The van der Waals surface area contributed by atoms with Crippen LogP contribution in [0.15, 0.2) is 29.1 Å². The SMILES string of the molecule is Cc1ccc(-n2nnn(CC(=O)[C@H]3CC[C@H]4[C@@H]5CC[C@@H]6C[C@](C)(O)CC[C@@H]6[C@H]5CC[C@]34C)c2=O)cc1. The van der Waals surface area contributed by atoms with Crippen molar-refractivity contribution < 1.29 is 9.90 Å². The number of Topliss-reactive ketones (excluding diaryl/α,β-unsaturated/α-hetero) is 1. The van der Waals surface area contributed by atoms with Gasteiger partial charge in [-0.3, -0.25) is 4.79 Å². The fourth-order valence-corrected chi connectivity index (χ4v) is 9.09. The molecule has 4 aliphatic carbocycles. The van der Waals surface area contributed by atoms with Gasteiger partial charge in [-0.1, -0.05) is 24.6 Å². The molecule has 7 heteroatoms. The average molecular weight is 493 g/mol. The van der Waals surface area contributed by atoms with Crippen LogP contribution in [0, 0.1) is 47.8 Å². The fourth-order valence-electron chi connectivity index (χ4n) is 9.09. The van der Waals surface area contributed by atoms with Gasteiger partial charge >= 0.3 is 5.69 Å². The minimum atomic E-state index is -0.485. The van der Waals surface area contributed by atoms with Crippen molar-refractivity contribution >= 4 is 5.78 Å². The third kappa shape index (κ3) is 3.89. The number of benzene rings is 1. The number of hydrogen-bond donors (Lipinski definition) is 1. The van der Waals surface area contributed by atoms with Crippen LogP contribution in [-0.4, -0.2) is 36.3 Å². The molecule has 0 amide bonds. The molecule has 1 N–H and O–H groups in total. The summed E-state index contributed by atoms with van der Waals surface area (Å²) < 4.78 is 2.51. The maximum absolute atomic E-state index is 13.6. The zero-order valence-electron chi connectivity index (χ0n) is 21.9. The van der Waals surface area contributed by atoms with E-state index >= 15 is 0 Å². The van der Waals surface area contributed by atoms with Gasteiger partial charge in [0.05, 0.1) is 11.3 Å². The van der Waals surface area contributed by atoms with Crippen molar-refractivity contribution in [3.63, 3.8) is 0 Å². The first-order valence-corrected chi connectivity index (χ1v) is 14.0. The van der Waals surface area contributed by atoms with Crippen LogP contribution in [0.4, 0.5) is 0 Å². The number of fused-ring (bicyclic) bond motifs is 5. The Labute approximate surface area is 213 Å². The summed E-state index contributed by atoms with van der Waals surface area (Å²) in [6.07, 6.45) is 9.86. The van der Waals surface area contributed by atoms with E-state index in [4.69, 9.17) is 0 Å². The van der Waals surface area contributed by atoms with Gasteiger partial charge in [-0.15, -0.1) is 0 Å². The van der Waals surface area contributed by atoms with Crippen molar-refractivity contribution in [2.45, 2.75) is 90.7 Å². The molecule has 8 atom stereocenters. The molecule has 1 aromatic carbocycles. The van der Waals surface area contributed by atoms with Gasteiger partial charge in [0.1, 0.15) is 6.54 Å². The van der Waals surface area contributed by atoms with Crippen molar-refractivity contribution in [2.75, 3.05) is 0 Å². The first kappa shape index (κ1) is 24.1. The number of aryl methyl sites for hydroxylation is 1. The average Bonchev–Trinajstić information content (AvgIpc) is 3.38. The lowest BCUT2D eigenvalue weighted by atomic mass is 9.49. The summed E-state index contributed by atoms with van der Waals surface area (Å²) in [5, 5.41) is 18.7. The molecule has 0 aliphatic heterocycles. The second-order valence-corrected chi connectivity index (χ2v) is 13.0. The molecule has 6 rings (SSSR count). The van der Waals surface area contributed by atoms with E-state index in [1.54, 1.807) is 0 Å². The highest BCUT2D eigenvalue weighted by molar-refractivity contribution is 5.82. The summed E-state index contributed by atoms with van der Waals surface area (Å²) >= 11 is 0. The van der Waals surface area contributed by atoms with Crippen molar-refractivity contribution in [1.29, 1.82) is 0 Å². The van der Waals surface area contributed by atoms with Gasteiger partial charge in [0.2, 0.25) is 0 Å². The predicted molar refractivity (Wildman–Crippen MR) is 137 cm³/mol. The maximum atomic E-state index is 13.6. The normalized spacial score (nSPS) is 39.8. The van der Waals surface area contributed by atoms with E-state index in [0.29, 0.717) is 23.4 Å². The molecule has 194 valence electrons. The maximum Gasteiger partial charge on any atom is 0.368 e. The molecule has 4 aliphatic rings. The van der Waals surface area contributed by atoms with Crippen LogP contribution in [0.5, 0.6) is 0 Å². The molecular formula is C29H40N4O3. The van der Waals surface area contributed by atoms with Crippen molar-refractivity contribution in [2.24, 2.45) is 40.9 Å². The number of carbonyl (C=O) groups excluding carboxylic acids is 1. The highest BCUT2D eigenvalue weighted by Gasteiger charge is 2.58. The summed E-state index contributed by atoms with van der Waals surface area (Å²) in [5.41, 5.74) is 0.942. The van der Waals surface area contributed by atoms with Gasteiger partial charge in [0.15, 0.2) is 5.78 Å². The van der Waals surface area contributed by atoms with Crippen LogP contribution >= 0.6 is 0 Å². The summed E-state index contributed by atoms with van der Waals surface area (Å²) in [7, 11) is 0. The van der Waals surface area contributed by atoms with Gasteiger partial charge in [-0.25, -0.2) is 4.79 Å². The fraction of sp³-hybridized carbons (Fsp3) is 0.724. The van der Waals surface area contributed by atoms with Gasteiger partial charge in [0, 0.05) is 5.92 Å². The third-order valence-corrected chi connectivity index (χ3v) is 10.8. The Kier molecular flexibility index (Phi) is 5.78. The second-order valence-electron chi connectivity index (χ2n) is 13.0. The molecule has 0 saturated heterocycles. The quantitative estimate of drug-likeness (QED) is 0.686. The van der Waals surface area contributed by atoms with Crippen LogP contribution in [-0.2, 0) is 11.3 Å². The standard InChI is InChI=1S/C29H40N4O3/c1-18-4-7-20(8-5-18)33-27(35)32(30-31-33)17-26(34)25-11-10-24-23-9-6-19-16-28(2,36)14-12-21(19)22(23)13-15-29(24,25)3/h4-5,7-8,19,21-25,36H,6,9-17H2,1-3H3/t19-,21+,22-,23-,24+,25-,28-,29+/m1/s1. The van der Waals surface area contributed by atoms with Crippen molar-refractivity contribution in [3.05, 3.63) is 40.3 Å². The molecule has 0 radical (unpaired) electrons.